The summed E-state index contributed by atoms with van der Waals surface area (Å²) in [5.41, 5.74) is 0.426. The summed E-state index contributed by atoms with van der Waals surface area (Å²) in [7, 11) is 3.06. The lowest BCUT2D eigenvalue weighted by atomic mass is 10.0. The number of methoxy groups -OCH3 is 2. The van der Waals surface area contributed by atoms with Crippen LogP contribution >= 0.6 is 0 Å². The second-order valence-electron chi connectivity index (χ2n) is 6.05. The first kappa shape index (κ1) is 17.8. The second-order valence-corrected chi connectivity index (χ2v) is 6.05. The number of hydrogen-bond acceptors (Lipinski definition) is 5. The van der Waals surface area contributed by atoms with Crippen LogP contribution in [0.3, 0.4) is 0 Å². The van der Waals surface area contributed by atoms with E-state index >= 15 is 0 Å². The average molecular weight is 358 g/mol. The van der Waals surface area contributed by atoms with Gasteiger partial charge in [0.25, 0.3) is 11.8 Å². The minimum Gasteiger partial charge on any atom is -0.496 e. The van der Waals surface area contributed by atoms with Crippen molar-refractivity contribution in [3.8, 4) is 11.5 Å². The van der Waals surface area contributed by atoms with Crippen LogP contribution in [0.4, 0.5) is 0 Å². The minimum atomic E-state index is -0.230. The molecule has 2 heterocycles. The molecule has 0 bridgehead atoms. The summed E-state index contributed by atoms with van der Waals surface area (Å²) in [6.45, 7) is 1.09. The van der Waals surface area contributed by atoms with E-state index in [0.717, 1.165) is 0 Å². The number of amides is 2. The van der Waals surface area contributed by atoms with E-state index in [1.807, 2.05) is 0 Å². The standard InChI is InChI=1S/C19H22N2O5/c1-24-14-5-3-6-15(25-2)17(14)19(23)21-10-8-13(9-11-21)20-18(22)16-7-4-12-26-16/h3-7,12-13H,8-11H2,1-2H3,(H,20,22). The van der Waals surface area contributed by atoms with E-state index in [2.05, 4.69) is 5.32 Å². The monoisotopic (exact) mass is 358 g/mol. The molecular formula is C19H22N2O5. The lowest BCUT2D eigenvalue weighted by Gasteiger charge is -2.32. The van der Waals surface area contributed by atoms with Crippen molar-refractivity contribution in [2.75, 3.05) is 27.3 Å². The van der Waals surface area contributed by atoms with Gasteiger partial charge in [-0.15, -0.1) is 0 Å². The molecule has 0 spiro atoms. The van der Waals surface area contributed by atoms with E-state index in [9.17, 15) is 9.59 Å². The van der Waals surface area contributed by atoms with Crippen molar-refractivity contribution in [1.82, 2.24) is 10.2 Å². The Balaban J connectivity index is 1.63. The first-order valence-electron chi connectivity index (χ1n) is 8.48. The number of nitrogens with one attached hydrogen (secondary N) is 1. The van der Waals surface area contributed by atoms with E-state index in [1.165, 1.54) is 20.5 Å². The predicted molar refractivity (Wildman–Crippen MR) is 94.6 cm³/mol. The lowest BCUT2D eigenvalue weighted by Crippen LogP contribution is -2.46. The number of piperidine rings is 1. The largest absolute Gasteiger partial charge is 0.496 e. The molecule has 0 unspecified atom stereocenters. The third kappa shape index (κ3) is 3.66. The van der Waals surface area contributed by atoms with E-state index in [-0.39, 0.29) is 17.9 Å². The molecule has 2 aromatic rings. The third-order valence-corrected chi connectivity index (χ3v) is 4.50. The Hall–Kier alpha value is -2.96. The highest BCUT2D eigenvalue weighted by Crippen LogP contribution is 2.30. The van der Waals surface area contributed by atoms with E-state index in [1.54, 1.807) is 35.2 Å². The number of ether oxygens (including phenoxy) is 2. The average Bonchev–Trinajstić information content (AvgIpc) is 3.22. The Morgan fingerprint density at radius 3 is 2.27 bits per heavy atom. The number of carbonyl (C=O) groups is 2. The number of hydrogen-bond donors (Lipinski definition) is 1. The van der Waals surface area contributed by atoms with E-state index < -0.39 is 0 Å². The molecule has 1 aromatic carbocycles. The number of likely N-dealkylation sites (tertiary alicyclic amines) is 1. The van der Waals surface area contributed by atoms with Crippen LogP contribution in [0.1, 0.15) is 33.8 Å². The highest BCUT2D eigenvalue weighted by atomic mass is 16.5. The molecule has 2 amide bonds. The van der Waals surface area contributed by atoms with Crippen molar-refractivity contribution < 1.29 is 23.5 Å². The van der Waals surface area contributed by atoms with Gasteiger partial charge in [-0.3, -0.25) is 9.59 Å². The zero-order valence-corrected chi connectivity index (χ0v) is 14.9. The number of nitrogens with zero attached hydrogens (tertiary/aromatic N) is 1. The lowest BCUT2D eigenvalue weighted by molar-refractivity contribution is 0.0689. The SMILES string of the molecule is COc1cccc(OC)c1C(=O)N1CCC(NC(=O)c2ccco2)CC1. The highest BCUT2D eigenvalue weighted by molar-refractivity contribution is 5.99. The summed E-state index contributed by atoms with van der Waals surface area (Å²) in [4.78, 5) is 26.8. The first-order chi connectivity index (χ1) is 12.6. The summed E-state index contributed by atoms with van der Waals surface area (Å²) < 4.78 is 15.7. The van der Waals surface area contributed by atoms with Crippen LogP contribution in [-0.2, 0) is 0 Å². The molecule has 138 valence electrons. The molecule has 1 aromatic heterocycles. The van der Waals surface area contributed by atoms with Crippen molar-refractivity contribution in [2.45, 2.75) is 18.9 Å². The van der Waals surface area contributed by atoms with Crippen LogP contribution in [0.5, 0.6) is 11.5 Å². The maximum Gasteiger partial charge on any atom is 0.287 e. The van der Waals surface area contributed by atoms with Crippen LogP contribution in [0.2, 0.25) is 0 Å². The summed E-state index contributed by atoms with van der Waals surface area (Å²) in [5, 5.41) is 2.95. The predicted octanol–water partition coefficient (Wildman–Crippen LogP) is 2.33. The van der Waals surface area contributed by atoms with Gasteiger partial charge in [0.05, 0.1) is 20.5 Å². The molecule has 1 aliphatic heterocycles. The van der Waals surface area contributed by atoms with Gasteiger partial charge in [-0.1, -0.05) is 6.07 Å². The maximum absolute atomic E-state index is 12.9. The molecule has 1 saturated heterocycles. The maximum atomic E-state index is 12.9. The Morgan fingerprint density at radius 1 is 1.08 bits per heavy atom. The second kappa shape index (κ2) is 7.95. The van der Waals surface area contributed by atoms with Gasteiger partial charge in [-0.05, 0) is 37.1 Å². The van der Waals surface area contributed by atoms with Crippen LogP contribution < -0.4 is 14.8 Å². The minimum absolute atomic E-state index is 0.0104. The van der Waals surface area contributed by atoms with Crippen molar-refractivity contribution in [2.24, 2.45) is 0 Å². The van der Waals surface area contributed by atoms with Crippen LogP contribution in [0, 0.1) is 0 Å². The third-order valence-electron chi connectivity index (χ3n) is 4.50. The number of furan rings is 1. The Kier molecular flexibility index (Phi) is 5.46. The summed E-state index contributed by atoms with van der Waals surface area (Å²) in [6, 6.07) is 8.58. The molecule has 26 heavy (non-hydrogen) atoms. The molecule has 0 radical (unpaired) electrons. The Morgan fingerprint density at radius 2 is 1.73 bits per heavy atom. The number of benzene rings is 1. The van der Waals surface area contributed by atoms with Gasteiger partial charge >= 0.3 is 0 Å². The molecule has 0 saturated carbocycles. The van der Waals surface area contributed by atoms with E-state index in [4.69, 9.17) is 13.9 Å². The molecule has 1 fully saturated rings. The molecule has 0 aliphatic carbocycles. The Labute approximate surface area is 151 Å². The van der Waals surface area contributed by atoms with Gasteiger partial charge < -0.3 is 24.1 Å². The molecule has 0 atom stereocenters. The topological polar surface area (TPSA) is 81.0 Å². The summed E-state index contributed by atoms with van der Waals surface area (Å²) >= 11 is 0. The zero-order chi connectivity index (χ0) is 18.5. The smallest absolute Gasteiger partial charge is 0.287 e. The van der Waals surface area contributed by atoms with Crippen molar-refractivity contribution in [3.05, 3.63) is 47.9 Å². The number of rotatable bonds is 5. The molecule has 7 heteroatoms. The van der Waals surface area contributed by atoms with Crippen LogP contribution in [0.25, 0.3) is 0 Å². The summed E-state index contributed by atoms with van der Waals surface area (Å²) in [5.74, 6) is 0.911. The Bertz CT molecular complexity index is 742. The highest BCUT2D eigenvalue weighted by Gasteiger charge is 2.28. The summed E-state index contributed by atoms with van der Waals surface area (Å²) in [6.07, 6.45) is 2.82. The van der Waals surface area contributed by atoms with Crippen molar-refractivity contribution in [3.63, 3.8) is 0 Å². The van der Waals surface area contributed by atoms with Crippen LogP contribution in [-0.4, -0.2) is 50.1 Å². The van der Waals surface area contributed by atoms with Crippen molar-refractivity contribution in [1.29, 1.82) is 0 Å². The van der Waals surface area contributed by atoms with Crippen LogP contribution in [0.15, 0.2) is 41.0 Å². The number of carbonyl (C=O) groups excluding carboxylic acids is 2. The fraction of sp³-hybridized carbons (Fsp3) is 0.368. The quantitative estimate of drug-likeness (QED) is 0.887. The van der Waals surface area contributed by atoms with Gasteiger partial charge in [-0.25, -0.2) is 0 Å². The normalized spacial score (nSPS) is 14.8. The van der Waals surface area contributed by atoms with Gasteiger partial charge in [0.2, 0.25) is 0 Å². The zero-order valence-electron chi connectivity index (χ0n) is 14.9. The fourth-order valence-corrected chi connectivity index (χ4v) is 3.11. The van der Waals surface area contributed by atoms with Gasteiger partial charge in [0.1, 0.15) is 17.1 Å². The van der Waals surface area contributed by atoms with Gasteiger partial charge in [0.15, 0.2) is 5.76 Å². The molecule has 1 N–H and O–H groups in total. The first-order valence-corrected chi connectivity index (χ1v) is 8.48. The van der Waals surface area contributed by atoms with Gasteiger partial charge in [0, 0.05) is 19.1 Å². The molecule has 7 nitrogen and oxygen atoms in total. The molecule has 1 aliphatic rings. The van der Waals surface area contributed by atoms with E-state index in [0.29, 0.717) is 48.8 Å². The van der Waals surface area contributed by atoms with Crippen molar-refractivity contribution >= 4 is 11.8 Å². The fourth-order valence-electron chi connectivity index (χ4n) is 3.11. The van der Waals surface area contributed by atoms with Gasteiger partial charge in [-0.2, -0.15) is 0 Å². The molecule has 3 rings (SSSR count). The molecular weight excluding hydrogens is 336 g/mol.